The highest BCUT2D eigenvalue weighted by atomic mass is 16.5. The lowest BCUT2D eigenvalue weighted by atomic mass is 9.81. The molecule has 1 aliphatic heterocycles. The van der Waals surface area contributed by atoms with E-state index in [1.807, 2.05) is 0 Å². The number of rotatable bonds is 4. The molecule has 37 heavy (non-hydrogen) atoms. The molecule has 3 aromatic carbocycles. The van der Waals surface area contributed by atoms with Gasteiger partial charge in [0.15, 0.2) is 6.20 Å². The highest BCUT2D eigenvalue weighted by Gasteiger charge is 2.34. The number of benzene rings is 3. The van der Waals surface area contributed by atoms with Crippen LogP contribution >= 0.6 is 0 Å². The number of nitrogens with zero attached hydrogens (tertiary/aromatic N) is 1. The van der Waals surface area contributed by atoms with E-state index in [9.17, 15) is 0 Å². The van der Waals surface area contributed by atoms with Gasteiger partial charge in [-0.2, -0.15) is 0 Å². The molecule has 0 unspecified atom stereocenters. The number of fused-ring (bicyclic) bond motifs is 3. The Hall–Kier alpha value is -2.87. The Morgan fingerprint density at radius 3 is 2.19 bits per heavy atom. The Bertz CT molecular complexity index is 1530. The lowest BCUT2D eigenvalue weighted by Crippen LogP contribution is -2.32. The van der Waals surface area contributed by atoms with Gasteiger partial charge >= 0.3 is 0 Å². The summed E-state index contributed by atoms with van der Waals surface area (Å²) in [6, 6.07) is 14.0. The third kappa shape index (κ3) is 4.88. The van der Waals surface area contributed by atoms with Crippen LogP contribution in [0.3, 0.4) is 0 Å². The molecule has 5 rings (SSSR count). The predicted octanol–water partition coefficient (Wildman–Crippen LogP) is 9.27. The van der Waals surface area contributed by atoms with Crippen molar-refractivity contribution in [2.24, 2.45) is 23.8 Å². The zero-order valence-electron chi connectivity index (χ0n) is 24.6. The summed E-state index contributed by atoms with van der Waals surface area (Å²) < 4.78 is 9.31. The number of pyridine rings is 1. The average molecular weight is 495 g/mol. The smallest absolute Gasteiger partial charge is 0.228 e. The molecular weight excluding hydrogens is 450 g/mol. The largest absolute Gasteiger partial charge is 0.455 e. The van der Waals surface area contributed by atoms with Crippen LogP contribution in [0, 0.1) is 23.7 Å². The molecule has 0 saturated heterocycles. The average Bonchev–Trinajstić information content (AvgIpc) is 2.76. The van der Waals surface area contributed by atoms with Crippen LogP contribution in [0.2, 0.25) is 0 Å². The van der Waals surface area contributed by atoms with Crippen LogP contribution in [0.25, 0.3) is 32.8 Å². The van der Waals surface area contributed by atoms with Gasteiger partial charge in [-0.05, 0) is 81.8 Å². The molecule has 4 aromatic rings. The minimum atomic E-state index is 0.137. The zero-order chi connectivity index (χ0) is 26.9. The van der Waals surface area contributed by atoms with Crippen LogP contribution < -0.4 is 9.30 Å². The van der Waals surface area contributed by atoms with Crippen LogP contribution in [0.4, 0.5) is 0 Å². The third-order valence-corrected chi connectivity index (χ3v) is 7.48. The van der Waals surface area contributed by atoms with Crippen molar-refractivity contribution in [3.8, 4) is 22.8 Å². The van der Waals surface area contributed by atoms with Crippen molar-refractivity contribution in [1.29, 1.82) is 0 Å². The van der Waals surface area contributed by atoms with Gasteiger partial charge in [0, 0.05) is 11.6 Å². The Morgan fingerprint density at radius 2 is 1.54 bits per heavy atom. The Labute approximate surface area is 223 Å². The van der Waals surface area contributed by atoms with Crippen LogP contribution in [-0.4, -0.2) is 0 Å². The van der Waals surface area contributed by atoms with E-state index >= 15 is 0 Å². The van der Waals surface area contributed by atoms with Crippen LogP contribution in [0.1, 0.15) is 77.6 Å². The molecule has 1 aromatic heterocycles. The van der Waals surface area contributed by atoms with Crippen LogP contribution in [-0.2, 0) is 26.3 Å². The third-order valence-electron chi connectivity index (χ3n) is 7.48. The van der Waals surface area contributed by atoms with Crippen LogP contribution in [0.5, 0.6) is 11.5 Å². The first-order valence-corrected chi connectivity index (χ1v) is 13.9. The first kappa shape index (κ1) is 25.8. The van der Waals surface area contributed by atoms with Gasteiger partial charge in [0.25, 0.3) is 0 Å². The number of aromatic nitrogens is 1. The van der Waals surface area contributed by atoms with E-state index in [1.54, 1.807) is 0 Å². The summed E-state index contributed by atoms with van der Waals surface area (Å²) in [5, 5.41) is 5.20. The summed E-state index contributed by atoms with van der Waals surface area (Å²) in [7, 11) is 2.18. The molecule has 0 bridgehead atoms. The highest BCUT2D eigenvalue weighted by molar-refractivity contribution is 6.06. The summed E-state index contributed by atoms with van der Waals surface area (Å²) in [6.45, 7) is 20.8. The fourth-order valence-electron chi connectivity index (χ4n) is 6.18. The number of hydrogen-bond donors (Lipinski definition) is 0. The SMILES string of the molecule is Cc1c2c(c(CC(C)(C)C)c3ccc(CC(C)C)cc13)Oc1cc(CC(C)(C)C)cc3cc[n+](C)c-2c13. The molecule has 0 aliphatic carbocycles. The van der Waals surface area contributed by atoms with Gasteiger partial charge in [-0.25, -0.2) is 4.57 Å². The van der Waals surface area contributed by atoms with Crippen molar-refractivity contribution < 1.29 is 9.30 Å². The maximum Gasteiger partial charge on any atom is 0.228 e. The molecule has 0 saturated carbocycles. The van der Waals surface area contributed by atoms with Gasteiger partial charge in [0.1, 0.15) is 18.5 Å². The van der Waals surface area contributed by atoms with Gasteiger partial charge in [-0.1, -0.05) is 79.7 Å². The molecule has 0 atom stereocenters. The van der Waals surface area contributed by atoms with Gasteiger partial charge in [0.05, 0.1) is 10.9 Å². The normalized spacial score (nSPS) is 13.4. The van der Waals surface area contributed by atoms with Gasteiger partial charge in [-0.15, -0.1) is 0 Å². The second-order valence-corrected chi connectivity index (χ2v) is 14.2. The molecule has 2 nitrogen and oxygen atoms in total. The first-order valence-electron chi connectivity index (χ1n) is 13.9. The zero-order valence-corrected chi connectivity index (χ0v) is 24.6. The van der Waals surface area contributed by atoms with E-state index in [1.165, 1.54) is 55.1 Å². The Balaban J connectivity index is 1.86. The van der Waals surface area contributed by atoms with Gasteiger partial charge in [0.2, 0.25) is 5.69 Å². The fourth-order valence-corrected chi connectivity index (χ4v) is 6.18. The molecule has 194 valence electrons. The molecule has 2 heteroatoms. The molecule has 0 fully saturated rings. The van der Waals surface area contributed by atoms with Crippen molar-refractivity contribution in [3.63, 3.8) is 0 Å². The van der Waals surface area contributed by atoms with Gasteiger partial charge in [-0.3, -0.25) is 0 Å². The standard InChI is InChI=1S/C35H44NO/c1-21(2)15-23-11-12-26-27(17-23)22(3)30-32-31-25(13-14-36(32)10)16-24(19-34(4,5)6)18-29(31)37-33(30)28(26)20-35(7,8)9/h11-14,16-18,21H,15,19-20H2,1-10H3/q+1. The molecule has 2 heterocycles. The number of ether oxygens (including phenoxy) is 1. The number of hydrogen-bond acceptors (Lipinski definition) is 1. The summed E-state index contributed by atoms with van der Waals surface area (Å²) >= 11 is 0. The first-order chi connectivity index (χ1) is 17.2. The summed E-state index contributed by atoms with van der Waals surface area (Å²) in [5.41, 5.74) is 8.30. The minimum Gasteiger partial charge on any atom is -0.455 e. The molecule has 1 aliphatic rings. The second-order valence-electron chi connectivity index (χ2n) is 14.2. The maximum absolute atomic E-state index is 7.01. The summed E-state index contributed by atoms with van der Waals surface area (Å²) in [6.07, 6.45) is 5.30. The van der Waals surface area contributed by atoms with E-state index in [4.69, 9.17) is 4.74 Å². The highest BCUT2D eigenvalue weighted by Crippen LogP contribution is 2.52. The molecule has 0 N–H and O–H groups in total. The Morgan fingerprint density at radius 1 is 0.838 bits per heavy atom. The van der Waals surface area contributed by atoms with Gasteiger partial charge < -0.3 is 4.74 Å². The van der Waals surface area contributed by atoms with Crippen LogP contribution in [0.15, 0.2) is 42.6 Å². The van der Waals surface area contributed by atoms with E-state index in [-0.39, 0.29) is 10.8 Å². The summed E-state index contributed by atoms with van der Waals surface area (Å²) in [5.74, 6) is 2.69. The fraction of sp³-hybridized carbons (Fsp3) is 0.457. The van der Waals surface area contributed by atoms with Crippen molar-refractivity contribution in [1.82, 2.24) is 0 Å². The number of aryl methyl sites for hydroxylation is 2. The lowest BCUT2D eigenvalue weighted by molar-refractivity contribution is -0.659. The molecule has 0 radical (unpaired) electrons. The molecule has 0 spiro atoms. The summed E-state index contributed by atoms with van der Waals surface area (Å²) in [4.78, 5) is 0. The molecule has 0 amide bonds. The molecular formula is C35H44NO+. The van der Waals surface area contributed by atoms with Crippen molar-refractivity contribution in [2.45, 2.75) is 81.6 Å². The lowest BCUT2D eigenvalue weighted by Gasteiger charge is -2.29. The van der Waals surface area contributed by atoms with E-state index in [2.05, 4.69) is 117 Å². The predicted molar refractivity (Wildman–Crippen MR) is 158 cm³/mol. The minimum absolute atomic E-state index is 0.137. The Kier molecular flexibility index (Phi) is 6.17. The van der Waals surface area contributed by atoms with E-state index in [0.717, 1.165) is 30.8 Å². The maximum atomic E-state index is 7.01. The van der Waals surface area contributed by atoms with E-state index in [0.29, 0.717) is 5.92 Å². The quantitative estimate of drug-likeness (QED) is 0.227. The second kappa shape index (κ2) is 8.86. The van der Waals surface area contributed by atoms with Crippen molar-refractivity contribution in [2.75, 3.05) is 0 Å². The monoisotopic (exact) mass is 494 g/mol. The van der Waals surface area contributed by atoms with E-state index < -0.39 is 0 Å². The van der Waals surface area contributed by atoms with Crippen molar-refractivity contribution >= 4 is 21.5 Å². The topological polar surface area (TPSA) is 13.1 Å². The van der Waals surface area contributed by atoms with Crippen molar-refractivity contribution in [3.05, 3.63) is 64.8 Å².